The number of nitrogens with one attached hydrogen (secondary N) is 1. The van der Waals surface area contributed by atoms with E-state index in [9.17, 15) is 4.79 Å². The molecule has 0 bridgehead atoms. The smallest absolute Gasteiger partial charge is 0.262 e. The van der Waals surface area contributed by atoms with E-state index in [1.807, 2.05) is 6.92 Å². The predicted molar refractivity (Wildman–Crippen MR) is 87.1 cm³/mol. The highest BCUT2D eigenvalue weighted by Gasteiger charge is 2.36. The second-order valence-corrected chi connectivity index (χ2v) is 5.70. The molecule has 0 aromatic carbocycles. The van der Waals surface area contributed by atoms with Gasteiger partial charge in [0.25, 0.3) is 5.56 Å². The fourth-order valence-corrected chi connectivity index (χ4v) is 2.63. The summed E-state index contributed by atoms with van der Waals surface area (Å²) in [7, 11) is 0. The average Bonchev–Trinajstić information content (AvgIpc) is 3.06. The van der Waals surface area contributed by atoms with Crippen LogP contribution in [0.3, 0.4) is 0 Å². The number of aromatic amines is 1. The number of fused-ring (bicyclic) bond motifs is 1. The van der Waals surface area contributed by atoms with Crippen LogP contribution in [0.25, 0.3) is 16.7 Å². The van der Waals surface area contributed by atoms with Gasteiger partial charge in [-0.2, -0.15) is 5.10 Å². The molecule has 3 N–H and O–H groups in total. The third-order valence-corrected chi connectivity index (χ3v) is 4.09. The molecule has 0 saturated heterocycles. The molecule has 0 spiro atoms. The summed E-state index contributed by atoms with van der Waals surface area (Å²) in [6.07, 6.45) is 7.50. The van der Waals surface area contributed by atoms with Crippen LogP contribution in [0.15, 0.2) is 41.5 Å². The normalized spacial score (nSPS) is 22.1. The summed E-state index contributed by atoms with van der Waals surface area (Å²) >= 11 is 0. The molecule has 22 heavy (non-hydrogen) atoms. The van der Waals surface area contributed by atoms with Gasteiger partial charge >= 0.3 is 0 Å². The molecule has 2 unspecified atom stereocenters. The number of hydrogen-bond acceptors (Lipinski definition) is 4. The largest absolute Gasteiger partial charge is 0.405 e. The van der Waals surface area contributed by atoms with Crippen molar-refractivity contribution >= 4 is 16.7 Å². The fraction of sp³-hybridized carbons (Fsp3) is 0.312. The van der Waals surface area contributed by atoms with Gasteiger partial charge in [-0.3, -0.25) is 4.79 Å². The van der Waals surface area contributed by atoms with E-state index in [1.165, 1.54) is 12.4 Å². The first-order valence-electron chi connectivity index (χ1n) is 7.26. The number of nitrogens with two attached hydrogens (primary N) is 1. The quantitative estimate of drug-likeness (QED) is 0.846. The number of H-pyrrole nitrogens is 1. The molecule has 6 heteroatoms. The summed E-state index contributed by atoms with van der Waals surface area (Å²) in [6, 6.07) is 0. The summed E-state index contributed by atoms with van der Waals surface area (Å²) in [5, 5.41) is 4.77. The molecule has 1 aliphatic carbocycles. The first-order chi connectivity index (χ1) is 10.6. The number of nitrogens with zero attached hydrogens (tertiary/aromatic N) is 3. The van der Waals surface area contributed by atoms with E-state index < -0.39 is 0 Å². The molecule has 0 amide bonds. The van der Waals surface area contributed by atoms with Crippen LogP contribution < -0.4 is 11.3 Å². The van der Waals surface area contributed by atoms with Gasteiger partial charge in [0, 0.05) is 5.92 Å². The zero-order chi connectivity index (χ0) is 15.9. The van der Waals surface area contributed by atoms with Gasteiger partial charge in [0.05, 0.1) is 11.9 Å². The standard InChI is InChI=1S/C16H19N5O/c1-4-13(9(2)5-6-17)21-15-12(8-18-21)16(22)20-14(19-15)11-7-10(11)3/h4-6,8,10-11H,1,7,17H2,2-3H3,(H,19,20,22)/b6-5-,13-9+. The minimum Gasteiger partial charge on any atom is -0.405 e. The van der Waals surface area contributed by atoms with Crippen LogP contribution in [0.5, 0.6) is 0 Å². The Kier molecular flexibility index (Phi) is 3.44. The van der Waals surface area contributed by atoms with E-state index >= 15 is 0 Å². The van der Waals surface area contributed by atoms with Crippen molar-refractivity contribution in [3.8, 4) is 0 Å². The topological polar surface area (TPSA) is 89.6 Å². The number of rotatable bonds is 4. The molecule has 6 nitrogen and oxygen atoms in total. The summed E-state index contributed by atoms with van der Waals surface area (Å²) in [5.74, 6) is 1.64. The Balaban J connectivity index is 2.23. The van der Waals surface area contributed by atoms with E-state index in [4.69, 9.17) is 5.73 Å². The Labute approximate surface area is 128 Å². The first kappa shape index (κ1) is 14.3. The maximum Gasteiger partial charge on any atom is 0.262 e. The van der Waals surface area contributed by atoms with Crippen LogP contribution >= 0.6 is 0 Å². The lowest BCUT2D eigenvalue weighted by atomic mass is 10.2. The lowest BCUT2D eigenvalue weighted by molar-refractivity contribution is 0.832. The lowest BCUT2D eigenvalue weighted by Crippen LogP contribution is -2.12. The van der Waals surface area contributed by atoms with Crippen molar-refractivity contribution in [1.29, 1.82) is 0 Å². The van der Waals surface area contributed by atoms with Gasteiger partial charge in [-0.25, -0.2) is 9.67 Å². The molecule has 1 saturated carbocycles. The van der Waals surface area contributed by atoms with Gasteiger partial charge in [-0.15, -0.1) is 0 Å². The highest BCUT2D eigenvalue weighted by Crippen LogP contribution is 2.45. The van der Waals surface area contributed by atoms with Gasteiger partial charge in [0.15, 0.2) is 5.65 Å². The first-order valence-corrected chi connectivity index (χ1v) is 7.26. The van der Waals surface area contributed by atoms with Crippen LogP contribution in [-0.4, -0.2) is 19.7 Å². The highest BCUT2D eigenvalue weighted by atomic mass is 16.1. The van der Waals surface area contributed by atoms with E-state index in [-0.39, 0.29) is 5.56 Å². The summed E-state index contributed by atoms with van der Waals surface area (Å²) < 4.78 is 1.64. The number of allylic oxidation sites excluding steroid dienone is 4. The van der Waals surface area contributed by atoms with Gasteiger partial charge in [-0.05, 0) is 43.2 Å². The Morgan fingerprint density at radius 1 is 1.59 bits per heavy atom. The van der Waals surface area contributed by atoms with Crippen molar-refractivity contribution in [1.82, 2.24) is 19.7 Å². The third kappa shape index (κ3) is 2.26. The second-order valence-electron chi connectivity index (χ2n) is 5.70. The molecule has 2 aromatic rings. The monoisotopic (exact) mass is 297 g/mol. The highest BCUT2D eigenvalue weighted by molar-refractivity contribution is 5.79. The molecule has 0 aliphatic heterocycles. The molecular weight excluding hydrogens is 278 g/mol. The maximum atomic E-state index is 12.2. The van der Waals surface area contributed by atoms with Crippen molar-refractivity contribution in [3.63, 3.8) is 0 Å². The van der Waals surface area contributed by atoms with Crippen LogP contribution in [0, 0.1) is 5.92 Å². The molecule has 1 aliphatic rings. The second kappa shape index (κ2) is 5.29. The third-order valence-electron chi connectivity index (χ3n) is 4.09. The van der Waals surface area contributed by atoms with Gasteiger partial charge < -0.3 is 10.7 Å². The fourth-order valence-electron chi connectivity index (χ4n) is 2.63. The summed E-state index contributed by atoms with van der Waals surface area (Å²) in [6.45, 7) is 7.88. The number of hydrogen-bond donors (Lipinski definition) is 2. The molecule has 0 radical (unpaired) electrons. The molecule has 2 heterocycles. The molecule has 114 valence electrons. The van der Waals surface area contributed by atoms with Crippen molar-refractivity contribution in [3.05, 3.63) is 52.9 Å². The summed E-state index contributed by atoms with van der Waals surface area (Å²) in [4.78, 5) is 19.7. The van der Waals surface area contributed by atoms with E-state index in [0.29, 0.717) is 22.9 Å². The number of aromatic nitrogens is 4. The minimum atomic E-state index is -0.152. The van der Waals surface area contributed by atoms with Crippen LogP contribution in [-0.2, 0) is 0 Å². The molecule has 2 aromatic heterocycles. The summed E-state index contributed by atoms with van der Waals surface area (Å²) in [5.41, 5.74) is 7.50. The molecule has 1 fully saturated rings. The van der Waals surface area contributed by atoms with E-state index in [2.05, 4.69) is 28.6 Å². The van der Waals surface area contributed by atoms with E-state index in [0.717, 1.165) is 23.5 Å². The Morgan fingerprint density at radius 3 is 2.91 bits per heavy atom. The average molecular weight is 297 g/mol. The van der Waals surface area contributed by atoms with Gasteiger partial charge in [-0.1, -0.05) is 13.5 Å². The zero-order valence-electron chi connectivity index (χ0n) is 12.7. The van der Waals surface area contributed by atoms with Crippen LogP contribution in [0.4, 0.5) is 0 Å². The van der Waals surface area contributed by atoms with Gasteiger partial charge in [0.2, 0.25) is 0 Å². The van der Waals surface area contributed by atoms with Crippen LogP contribution in [0.1, 0.15) is 32.0 Å². The Morgan fingerprint density at radius 2 is 2.32 bits per heavy atom. The van der Waals surface area contributed by atoms with Crippen molar-refractivity contribution in [2.75, 3.05) is 0 Å². The minimum absolute atomic E-state index is 0.152. The van der Waals surface area contributed by atoms with E-state index in [1.54, 1.807) is 16.8 Å². The Bertz CT molecular complexity index is 855. The van der Waals surface area contributed by atoms with Gasteiger partial charge in [0.1, 0.15) is 11.2 Å². The lowest BCUT2D eigenvalue weighted by Gasteiger charge is -2.07. The molecule has 3 rings (SSSR count). The predicted octanol–water partition coefficient (Wildman–Crippen LogP) is 2.13. The Hall–Kier alpha value is -2.63. The maximum absolute atomic E-state index is 12.2. The van der Waals surface area contributed by atoms with Crippen molar-refractivity contribution < 1.29 is 0 Å². The zero-order valence-corrected chi connectivity index (χ0v) is 12.7. The van der Waals surface area contributed by atoms with Crippen LogP contribution in [0.2, 0.25) is 0 Å². The SMILES string of the molecule is C=C/C(=C(C)\C=C/N)n1ncc2c(=O)[nH]c(C3CC3C)nc21. The molecular formula is C16H19N5O. The van der Waals surface area contributed by atoms with Crippen molar-refractivity contribution in [2.24, 2.45) is 11.7 Å². The van der Waals surface area contributed by atoms with Crippen molar-refractivity contribution in [2.45, 2.75) is 26.2 Å². The molecule has 2 atom stereocenters.